The van der Waals surface area contributed by atoms with Crippen LogP contribution in [0.15, 0.2) is 42.7 Å². The fourth-order valence-corrected chi connectivity index (χ4v) is 4.98. The molecule has 1 saturated heterocycles. The van der Waals surface area contributed by atoms with Crippen LogP contribution in [-0.2, 0) is 4.74 Å². The second kappa shape index (κ2) is 10.1. The molecule has 5 rings (SSSR count). The number of amides is 1. The lowest BCUT2D eigenvalue weighted by Gasteiger charge is -2.29. The number of benzene rings is 2. The van der Waals surface area contributed by atoms with E-state index in [9.17, 15) is 4.79 Å². The fraction of sp³-hybridized carbons (Fsp3) is 0.333. The molecule has 0 aliphatic carbocycles. The largest absolute Gasteiger partial charge is 0.379 e. The van der Waals surface area contributed by atoms with Crippen LogP contribution in [0.4, 0.5) is 5.13 Å². The fourth-order valence-electron chi connectivity index (χ4n) is 3.93. The lowest BCUT2D eigenvalue weighted by atomic mass is 10.1. The molecule has 0 saturated carbocycles. The lowest BCUT2D eigenvalue weighted by molar-refractivity contribution is 0.0391. The molecular formula is C24H26ClN5O2S. The number of anilines is 1. The molecule has 1 fully saturated rings. The van der Waals surface area contributed by atoms with Crippen molar-refractivity contribution in [1.82, 2.24) is 19.9 Å². The molecule has 0 N–H and O–H groups in total. The van der Waals surface area contributed by atoms with E-state index in [1.165, 1.54) is 5.56 Å². The Morgan fingerprint density at radius 2 is 1.85 bits per heavy atom. The highest BCUT2D eigenvalue weighted by molar-refractivity contribution is 7.22. The Hall–Kier alpha value is -2.65. The van der Waals surface area contributed by atoms with E-state index in [1.807, 2.05) is 23.1 Å². The number of aromatic nitrogens is 3. The molecule has 2 aromatic carbocycles. The SMILES string of the molecule is Cc1ccc2sc(N(CCN3CCOCC3)C(=O)c3ccc4nccnc4c3)nc2c1C.Cl. The van der Waals surface area contributed by atoms with E-state index in [-0.39, 0.29) is 18.3 Å². The van der Waals surface area contributed by atoms with E-state index in [0.29, 0.717) is 17.6 Å². The van der Waals surface area contributed by atoms with Crippen molar-refractivity contribution in [2.75, 3.05) is 44.3 Å². The summed E-state index contributed by atoms with van der Waals surface area (Å²) in [6.45, 7) is 8.74. The number of aryl methyl sites for hydroxylation is 2. The topological polar surface area (TPSA) is 71.5 Å². The average molecular weight is 484 g/mol. The normalized spacial score (nSPS) is 14.4. The number of halogens is 1. The molecule has 4 aromatic rings. The third kappa shape index (κ3) is 4.84. The van der Waals surface area contributed by atoms with Gasteiger partial charge in [0.2, 0.25) is 0 Å². The first-order valence-electron chi connectivity index (χ1n) is 10.8. The van der Waals surface area contributed by atoms with Crippen molar-refractivity contribution in [3.05, 3.63) is 59.4 Å². The van der Waals surface area contributed by atoms with Gasteiger partial charge in [-0.15, -0.1) is 12.4 Å². The molecule has 9 heteroatoms. The Morgan fingerprint density at radius 1 is 1.09 bits per heavy atom. The molecule has 1 aliphatic rings. The van der Waals surface area contributed by atoms with Crippen molar-refractivity contribution in [3.63, 3.8) is 0 Å². The molecule has 1 aliphatic heterocycles. The smallest absolute Gasteiger partial charge is 0.260 e. The molecule has 172 valence electrons. The van der Waals surface area contributed by atoms with Crippen molar-refractivity contribution in [1.29, 1.82) is 0 Å². The van der Waals surface area contributed by atoms with Gasteiger partial charge in [-0.05, 0) is 49.2 Å². The molecular weight excluding hydrogens is 458 g/mol. The number of hydrogen-bond donors (Lipinski definition) is 0. The number of rotatable bonds is 5. The van der Waals surface area contributed by atoms with Crippen LogP contribution < -0.4 is 4.90 Å². The minimum atomic E-state index is -0.0701. The Kier molecular flexibility index (Phi) is 7.19. The van der Waals surface area contributed by atoms with Crippen molar-refractivity contribution in [2.24, 2.45) is 0 Å². The standard InChI is InChI=1S/C24H25N5O2S.ClH/c1-16-3-6-21-22(17(16)2)27-24(32-21)29(10-9-28-11-13-31-14-12-28)23(30)18-4-5-19-20(15-18)26-8-7-25-19;/h3-8,15H,9-14H2,1-2H3;1H. The Labute approximate surface area is 202 Å². The van der Waals surface area contributed by atoms with Gasteiger partial charge in [0.15, 0.2) is 5.13 Å². The number of morpholine rings is 1. The van der Waals surface area contributed by atoms with Gasteiger partial charge in [0.1, 0.15) is 0 Å². The summed E-state index contributed by atoms with van der Waals surface area (Å²) >= 11 is 1.56. The van der Waals surface area contributed by atoms with Gasteiger partial charge >= 0.3 is 0 Å². The number of thiazole rings is 1. The molecule has 3 heterocycles. The van der Waals surface area contributed by atoms with Gasteiger partial charge in [-0.1, -0.05) is 17.4 Å². The van der Waals surface area contributed by atoms with Crippen molar-refractivity contribution in [3.8, 4) is 0 Å². The van der Waals surface area contributed by atoms with Crippen molar-refractivity contribution < 1.29 is 9.53 Å². The number of ether oxygens (including phenoxy) is 1. The van der Waals surface area contributed by atoms with Crippen LogP contribution >= 0.6 is 23.7 Å². The van der Waals surface area contributed by atoms with E-state index in [0.717, 1.165) is 59.3 Å². The predicted molar refractivity (Wildman–Crippen MR) is 135 cm³/mol. The second-order valence-corrected chi connectivity index (χ2v) is 9.03. The lowest BCUT2D eigenvalue weighted by Crippen LogP contribution is -2.43. The summed E-state index contributed by atoms with van der Waals surface area (Å²) in [5.41, 5.74) is 5.41. The molecule has 0 spiro atoms. The zero-order valence-electron chi connectivity index (χ0n) is 18.7. The first-order valence-corrected chi connectivity index (χ1v) is 11.6. The summed E-state index contributed by atoms with van der Waals surface area (Å²) in [5.74, 6) is -0.0701. The van der Waals surface area contributed by atoms with Gasteiger partial charge in [-0.3, -0.25) is 24.6 Å². The summed E-state index contributed by atoms with van der Waals surface area (Å²) < 4.78 is 6.56. The van der Waals surface area contributed by atoms with Crippen LogP contribution in [0.2, 0.25) is 0 Å². The Bertz CT molecular complexity index is 1290. The van der Waals surface area contributed by atoms with Gasteiger partial charge in [0.25, 0.3) is 5.91 Å². The molecule has 2 aromatic heterocycles. The van der Waals surface area contributed by atoms with Crippen LogP contribution in [0.5, 0.6) is 0 Å². The van der Waals surface area contributed by atoms with Gasteiger partial charge in [-0.25, -0.2) is 4.98 Å². The minimum Gasteiger partial charge on any atom is -0.379 e. The van der Waals surface area contributed by atoms with Gasteiger partial charge < -0.3 is 4.74 Å². The van der Waals surface area contributed by atoms with E-state index in [2.05, 4.69) is 40.8 Å². The van der Waals surface area contributed by atoms with Crippen molar-refractivity contribution >= 4 is 56.0 Å². The summed E-state index contributed by atoms with van der Waals surface area (Å²) in [6.07, 6.45) is 3.30. The van der Waals surface area contributed by atoms with Crippen LogP contribution in [0.25, 0.3) is 21.3 Å². The highest BCUT2D eigenvalue weighted by Crippen LogP contribution is 2.32. The van der Waals surface area contributed by atoms with Crippen LogP contribution in [0.1, 0.15) is 21.5 Å². The average Bonchev–Trinajstić information content (AvgIpc) is 3.26. The van der Waals surface area contributed by atoms with Crippen molar-refractivity contribution in [2.45, 2.75) is 13.8 Å². The van der Waals surface area contributed by atoms with Crippen LogP contribution in [0, 0.1) is 13.8 Å². The highest BCUT2D eigenvalue weighted by atomic mass is 35.5. The number of nitrogens with zero attached hydrogens (tertiary/aromatic N) is 5. The Balaban J connectivity index is 0.00000259. The third-order valence-corrected chi connectivity index (χ3v) is 7.05. The molecule has 0 radical (unpaired) electrons. The maximum atomic E-state index is 13.7. The molecule has 33 heavy (non-hydrogen) atoms. The van der Waals surface area contributed by atoms with E-state index < -0.39 is 0 Å². The zero-order chi connectivity index (χ0) is 22.1. The maximum absolute atomic E-state index is 13.7. The van der Waals surface area contributed by atoms with Gasteiger partial charge in [0, 0.05) is 44.1 Å². The summed E-state index contributed by atoms with van der Waals surface area (Å²) in [5, 5.41) is 0.728. The van der Waals surface area contributed by atoms with E-state index in [1.54, 1.807) is 23.7 Å². The maximum Gasteiger partial charge on any atom is 0.260 e. The molecule has 7 nitrogen and oxygen atoms in total. The van der Waals surface area contributed by atoms with E-state index in [4.69, 9.17) is 9.72 Å². The van der Waals surface area contributed by atoms with Gasteiger partial charge in [0.05, 0.1) is 34.5 Å². The van der Waals surface area contributed by atoms with Crippen LogP contribution in [0.3, 0.4) is 0 Å². The van der Waals surface area contributed by atoms with E-state index >= 15 is 0 Å². The summed E-state index contributed by atoms with van der Waals surface area (Å²) in [6, 6.07) is 9.69. The first kappa shape index (κ1) is 23.5. The highest BCUT2D eigenvalue weighted by Gasteiger charge is 2.24. The number of carbonyl (C=O) groups excluding carboxylic acids is 1. The third-order valence-electron chi connectivity index (χ3n) is 6.01. The number of fused-ring (bicyclic) bond motifs is 2. The molecule has 0 bridgehead atoms. The first-order chi connectivity index (χ1) is 15.6. The number of hydrogen-bond acceptors (Lipinski definition) is 7. The molecule has 1 amide bonds. The predicted octanol–water partition coefficient (Wildman–Crippen LogP) is 4.26. The summed E-state index contributed by atoms with van der Waals surface area (Å²) in [4.78, 5) is 31.4. The summed E-state index contributed by atoms with van der Waals surface area (Å²) in [7, 11) is 0. The monoisotopic (exact) mass is 483 g/mol. The molecule has 0 atom stereocenters. The van der Waals surface area contributed by atoms with Gasteiger partial charge in [-0.2, -0.15) is 0 Å². The number of carbonyl (C=O) groups is 1. The second-order valence-electron chi connectivity index (χ2n) is 8.02. The quantitative estimate of drug-likeness (QED) is 0.422. The zero-order valence-corrected chi connectivity index (χ0v) is 20.3. The molecule has 0 unspecified atom stereocenters. The minimum absolute atomic E-state index is 0. The van der Waals surface area contributed by atoms with Crippen LogP contribution in [-0.4, -0.2) is 65.2 Å². The Morgan fingerprint density at radius 3 is 2.64 bits per heavy atom.